The highest BCUT2D eigenvalue weighted by atomic mass is 35.5. The summed E-state index contributed by atoms with van der Waals surface area (Å²) in [5.74, 6) is -0.262. The number of thioether (sulfide) groups is 1. The Hall–Kier alpha value is -1.85. The van der Waals surface area contributed by atoms with Crippen LogP contribution in [0.4, 0.5) is 4.39 Å². The highest BCUT2D eigenvalue weighted by Crippen LogP contribution is 2.34. The van der Waals surface area contributed by atoms with Crippen molar-refractivity contribution in [1.82, 2.24) is 9.55 Å². The number of hydrogen-bond acceptors (Lipinski definition) is 3. The van der Waals surface area contributed by atoms with E-state index >= 15 is 0 Å². The zero-order valence-corrected chi connectivity index (χ0v) is 15.6. The lowest BCUT2D eigenvalue weighted by molar-refractivity contribution is 0.584. The van der Waals surface area contributed by atoms with Crippen molar-refractivity contribution in [2.24, 2.45) is 0 Å². The van der Waals surface area contributed by atoms with Crippen LogP contribution in [0.1, 0.15) is 31.1 Å². The number of nitrogens with zero attached hydrogens (tertiary/aromatic N) is 2. The van der Waals surface area contributed by atoms with Crippen molar-refractivity contribution in [3.63, 3.8) is 0 Å². The first-order chi connectivity index (χ1) is 12.0. The summed E-state index contributed by atoms with van der Waals surface area (Å²) >= 11 is 7.54. The lowest BCUT2D eigenvalue weighted by Crippen LogP contribution is -2.23. The number of fused-ring (bicyclic) bond motifs is 1. The molecular weight excluding hydrogens is 359 g/mol. The molecule has 6 heteroatoms. The van der Waals surface area contributed by atoms with Gasteiger partial charge in [-0.3, -0.25) is 9.36 Å². The van der Waals surface area contributed by atoms with Crippen LogP contribution in [0.2, 0.25) is 5.02 Å². The van der Waals surface area contributed by atoms with Gasteiger partial charge in [-0.2, -0.15) is 0 Å². The van der Waals surface area contributed by atoms with E-state index in [2.05, 4.69) is 4.98 Å². The van der Waals surface area contributed by atoms with Gasteiger partial charge in [-0.25, -0.2) is 9.37 Å². The van der Waals surface area contributed by atoms with Gasteiger partial charge in [0.15, 0.2) is 5.16 Å². The Bertz CT molecular complexity index is 956. The summed E-state index contributed by atoms with van der Waals surface area (Å²) in [6.07, 6.45) is 0.833. The number of hydrogen-bond donors (Lipinski definition) is 0. The van der Waals surface area contributed by atoms with Gasteiger partial charge < -0.3 is 0 Å². The van der Waals surface area contributed by atoms with Crippen LogP contribution >= 0.6 is 23.4 Å². The second kappa shape index (κ2) is 7.58. The first-order valence-electron chi connectivity index (χ1n) is 8.12. The predicted octanol–water partition coefficient (Wildman–Crippen LogP) is 5.45. The average Bonchev–Trinajstić information content (AvgIpc) is 2.58. The summed E-state index contributed by atoms with van der Waals surface area (Å²) < 4.78 is 14.8. The molecule has 0 fully saturated rings. The summed E-state index contributed by atoms with van der Waals surface area (Å²) in [4.78, 5) is 17.5. The number of benzene rings is 2. The van der Waals surface area contributed by atoms with Crippen LogP contribution in [0.3, 0.4) is 0 Å². The zero-order valence-electron chi connectivity index (χ0n) is 14.0. The molecule has 25 heavy (non-hydrogen) atoms. The van der Waals surface area contributed by atoms with Gasteiger partial charge in [0.2, 0.25) is 0 Å². The van der Waals surface area contributed by atoms with E-state index in [1.165, 1.54) is 23.9 Å². The molecule has 3 rings (SSSR count). The Morgan fingerprint density at radius 2 is 1.96 bits per heavy atom. The van der Waals surface area contributed by atoms with Crippen LogP contribution in [0.25, 0.3) is 10.9 Å². The Kier molecular flexibility index (Phi) is 5.45. The Balaban J connectivity index is 2.05. The minimum Gasteiger partial charge on any atom is -0.287 e. The number of rotatable bonds is 5. The molecule has 130 valence electrons. The highest BCUT2D eigenvalue weighted by Gasteiger charge is 2.15. The van der Waals surface area contributed by atoms with Crippen molar-refractivity contribution in [1.29, 1.82) is 0 Å². The summed E-state index contributed by atoms with van der Waals surface area (Å²) in [6, 6.07) is 11.5. The van der Waals surface area contributed by atoms with Crippen LogP contribution < -0.4 is 5.56 Å². The average molecular weight is 377 g/mol. The quantitative estimate of drug-likeness (QED) is 0.438. The fraction of sp³-hybridized carbons (Fsp3) is 0.263. The van der Waals surface area contributed by atoms with Crippen molar-refractivity contribution < 1.29 is 4.39 Å². The van der Waals surface area contributed by atoms with Crippen LogP contribution in [0.15, 0.2) is 52.4 Å². The van der Waals surface area contributed by atoms with Gasteiger partial charge >= 0.3 is 0 Å². The summed E-state index contributed by atoms with van der Waals surface area (Å²) in [7, 11) is 0. The second-order valence-electron chi connectivity index (χ2n) is 5.82. The van der Waals surface area contributed by atoms with E-state index < -0.39 is 0 Å². The fourth-order valence-corrected chi connectivity index (χ4v) is 3.87. The molecule has 0 bridgehead atoms. The van der Waals surface area contributed by atoms with Crippen LogP contribution in [0, 0.1) is 5.82 Å². The van der Waals surface area contributed by atoms with Gasteiger partial charge in [-0.1, -0.05) is 42.4 Å². The number of aromatic nitrogens is 2. The smallest absolute Gasteiger partial charge is 0.262 e. The van der Waals surface area contributed by atoms with Crippen molar-refractivity contribution in [2.75, 3.05) is 0 Å². The second-order valence-corrected chi connectivity index (χ2v) is 7.57. The van der Waals surface area contributed by atoms with E-state index in [4.69, 9.17) is 11.6 Å². The molecule has 0 aliphatic carbocycles. The Morgan fingerprint density at radius 3 is 2.64 bits per heavy atom. The molecule has 0 radical (unpaired) electrons. The maximum atomic E-state index is 13.1. The van der Waals surface area contributed by atoms with Crippen molar-refractivity contribution >= 4 is 34.3 Å². The molecule has 0 amide bonds. The van der Waals surface area contributed by atoms with Gasteiger partial charge in [-0.05, 0) is 49.2 Å². The standard InChI is InChI=1S/C19H18ClFN2OS/c1-3-10-23-18(24)16-9-6-14(20)11-17(16)22-19(23)25-12(2)13-4-7-15(21)8-5-13/h4-9,11-12H,3,10H2,1-2H3/t12-/m1/s1. The lowest BCUT2D eigenvalue weighted by atomic mass is 10.2. The zero-order chi connectivity index (χ0) is 18.0. The van der Waals surface area contributed by atoms with Crippen LogP contribution in [-0.4, -0.2) is 9.55 Å². The van der Waals surface area contributed by atoms with Gasteiger partial charge in [0, 0.05) is 16.8 Å². The SMILES string of the molecule is CCCn1c(S[C@H](C)c2ccc(F)cc2)nc2cc(Cl)ccc2c1=O. The van der Waals surface area contributed by atoms with E-state index in [1.54, 1.807) is 34.9 Å². The monoisotopic (exact) mass is 376 g/mol. The maximum Gasteiger partial charge on any atom is 0.262 e. The first kappa shape index (κ1) is 18.0. The minimum absolute atomic E-state index is 0.0345. The lowest BCUT2D eigenvalue weighted by Gasteiger charge is -2.16. The molecule has 0 saturated carbocycles. The largest absolute Gasteiger partial charge is 0.287 e. The molecule has 3 nitrogen and oxygen atoms in total. The molecule has 0 aliphatic heterocycles. The molecule has 0 spiro atoms. The fourth-order valence-electron chi connectivity index (χ4n) is 2.64. The summed E-state index contributed by atoms with van der Waals surface area (Å²) in [5, 5.41) is 1.80. The third-order valence-corrected chi connectivity index (χ3v) is 5.33. The van der Waals surface area contributed by atoms with Crippen LogP contribution in [-0.2, 0) is 6.54 Å². The van der Waals surface area contributed by atoms with E-state index in [1.807, 2.05) is 13.8 Å². The topological polar surface area (TPSA) is 34.9 Å². The van der Waals surface area contributed by atoms with Gasteiger partial charge in [-0.15, -0.1) is 0 Å². The summed E-state index contributed by atoms with van der Waals surface area (Å²) in [5.41, 5.74) is 1.52. The molecule has 1 atom stereocenters. The highest BCUT2D eigenvalue weighted by molar-refractivity contribution is 7.99. The molecule has 2 aromatic carbocycles. The van der Waals surface area contributed by atoms with Crippen molar-refractivity contribution in [3.8, 4) is 0 Å². The van der Waals surface area contributed by atoms with Crippen molar-refractivity contribution in [3.05, 3.63) is 69.2 Å². The maximum absolute atomic E-state index is 13.1. The molecule has 0 saturated heterocycles. The molecule has 1 aromatic heterocycles. The van der Waals surface area contributed by atoms with Crippen LogP contribution in [0.5, 0.6) is 0 Å². The predicted molar refractivity (Wildman–Crippen MR) is 102 cm³/mol. The molecule has 3 aromatic rings. The van der Waals surface area contributed by atoms with E-state index in [0.717, 1.165) is 12.0 Å². The Labute approximate surface area is 154 Å². The third-order valence-electron chi connectivity index (χ3n) is 3.95. The normalized spacial score (nSPS) is 12.5. The molecule has 0 aliphatic rings. The third kappa shape index (κ3) is 3.88. The van der Waals surface area contributed by atoms with Gasteiger partial charge in [0.1, 0.15) is 5.82 Å². The number of halogens is 2. The van der Waals surface area contributed by atoms with E-state index in [0.29, 0.717) is 27.6 Å². The summed E-state index contributed by atoms with van der Waals surface area (Å²) in [6.45, 7) is 4.64. The van der Waals surface area contributed by atoms with E-state index in [9.17, 15) is 9.18 Å². The molecular formula is C19H18ClFN2OS. The first-order valence-corrected chi connectivity index (χ1v) is 9.37. The van der Waals surface area contributed by atoms with Gasteiger partial charge in [0.25, 0.3) is 5.56 Å². The van der Waals surface area contributed by atoms with Gasteiger partial charge in [0.05, 0.1) is 10.9 Å². The van der Waals surface area contributed by atoms with Crippen molar-refractivity contribution in [2.45, 2.75) is 37.2 Å². The minimum atomic E-state index is -0.262. The van der Waals surface area contributed by atoms with E-state index in [-0.39, 0.29) is 16.6 Å². The molecule has 0 unspecified atom stereocenters. The molecule has 1 heterocycles. The molecule has 0 N–H and O–H groups in total. The Morgan fingerprint density at radius 1 is 1.24 bits per heavy atom.